The van der Waals surface area contributed by atoms with E-state index in [2.05, 4.69) is 32.7 Å². The highest BCUT2D eigenvalue weighted by atomic mass is 35.5. The van der Waals surface area contributed by atoms with Crippen LogP contribution in [0.4, 0.5) is 11.8 Å². The normalized spacial score (nSPS) is 14.3. The van der Waals surface area contributed by atoms with Gasteiger partial charge in [0.25, 0.3) is 5.91 Å². The average molecular weight is 509 g/mol. The molecule has 0 radical (unpaired) electrons. The van der Waals surface area contributed by atoms with Gasteiger partial charge in [0.15, 0.2) is 0 Å². The molecule has 0 fully saturated rings. The molecule has 1 atom stereocenters. The Morgan fingerprint density at radius 2 is 1.97 bits per heavy atom. The summed E-state index contributed by atoms with van der Waals surface area (Å²) in [7, 11) is 3.87. The molecule has 190 valence electrons. The number of hydrogen-bond donors (Lipinski definition) is 2. The smallest absolute Gasteiger partial charge is 0.259 e. The zero-order valence-corrected chi connectivity index (χ0v) is 21.8. The Labute approximate surface area is 217 Å². The van der Waals surface area contributed by atoms with Crippen LogP contribution < -0.4 is 20.3 Å². The van der Waals surface area contributed by atoms with Crippen molar-refractivity contribution in [3.8, 4) is 5.75 Å². The number of halogens is 1. The molecular formula is C27H33ClN6O2. The third-order valence-electron chi connectivity index (χ3n) is 6.18. The first-order chi connectivity index (χ1) is 17.5. The average Bonchev–Trinajstić information content (AvgIpc) is 3.00. The third-order valence-corrected chi connectivity index (χ3v) is 6.53. The van der Waals surface area contributed by atoms with E-state index >= 15 is 0 Å². The van der Waals surface area contributed by atoms with Gasteiger partial charge in [0.2, 0.25) is 5.95 Å². The van der Waals surface area contributed by atoms with Crippen molar-refractivity contribution in [2.45, 2.75) is 26.0 Å². The molecule has 9 heteroatoms. The molecule has 4 rings (SSSR count). The monoisotopic (exact) mass is 508 g/mol. The summed E-state index contributed by atoms with van der Waals surface area (Å²) in [6, 6.07) is 15.9. The number of aromatic nitrogens is 2. The topological polar surface area (TPSA) is 82.6 Å². The lowest BCUT2D eigenvalue weighted by atomic mass is 10.1. The van der Waals surface area contributed by atoms with Crippen LogP contribution in [0.2, 0.25) is 5.02 Å². The van der Waals surface area contributed by atoms with Gasteiger partial charge in [-0.1, -0.05) is 48.0 Å². The van der Waals surface area contributed by atoms with Crippen LogP contribution in [0.15, 0.2) is 54.7 Å². The number of fused-ring (bicyclic) bond motifs is 1. The Bertz CT molecular complexity index is 1180. The number of benzene rings is 2. The Balaban J connectivity index is 1.50. The predicted octanol–water partition coefficient (Wildman–Crippen LogP) is 4.38. The molecule has 8 nitrogen and oxygen atoms in total. The maximum atomic E-state index is 13.4. The Kier molecular flexibility index (Phi) is 8.61. The molecule has 2 aromatic carbocycles. The van der Waals surface area contributed by atoms with E-state index in [4.69, 9.17) is 16.3 Å². The van der Waals surface area contributed by atoms with E-state index in [0.29, 0.717) is 54.3 Å². The van der Waals surface area contributed by atoms with Crippen molar-refractivity contribution in [1.82, 2.24) is 20.2 Å². The van der Waals surface area contributed by atoms with Crippen LogP contribution in [0.1, 0.15) is 40.9 Å². The SMILES string of the molecule is CCNc1ncc2c(n1)N(C)CCN(Cc1ccc(OC(CCNC)c3ccccc3)cc1Cl)C2=O. The van der Waals surface area contributed by atoms with Gasteiger partial charge < -0.3 is 25.2 Å². The maximum Gasteiger partial charge on any atom is 0.259 e. The van der Waals surface area contributed by atoms with Crippen molar-refractivity contribution in [1.29, 1.82) is 0 Å². The van der Waals surface area contributed by atoms with Crippen molar-refractivity contribution in [3.63, 3.8) is 0 Å². The Morgan fingerprint density at radius 1 is 1.17 bits per heavy atom. The largest absolute Gasteiger partial charge is 0.486 e. The minimum atomic E-state index is -0.106. The number of nitrogens with one attached hydrogen (secondary N) is 2. The van der Waals surface area contributed by atoms with Crippen molar-refractivity contribution in [2.24, 2.45) is 0 Å². The molecule has 0 saturated carbocycles. The molecule has 1 amide bonds. The second kappa shape index (κ2) is 12.1. The second-order valence-electron chi connectivity index (χ2n) is 8.77. The predicted molar refractivity (Wildman–Crippen MR) is 144 cm³/mol. The van der Waals surface area contributed by atoms with E-state index in [0.717, 1.165) is 24.1 Å². The van der Waals surface area contributed by atoms with Crippen LogP contribution in [-0.4, -0.2) is 61.0 Å². The summed E-state index contributed by atoms with van der Waals surface area (Å²) >= 11 is 6.68. The van der Waals surface area contributed by atoms with Crippen molar-refractivity contribution in [3.05, 3.63) is 76.4 Å². The van der Waals surface area contributed by atoms with Gasteiger partial charge in [-0.15, -0.1) is 0 Å². The van der Waals surface area contributed by atoms with Crippen molar-refractivity contribution < 1.29 is 9.53 Å². The van der Waals surface area contributed by atoms with Crippen LogP contribution >= 0.6 is 11.6 Å². The van der Waals surface area contributed by atoms with Crippen LogP contribution in [0.3, 0.4) is 0 Å². The van der Waals surface area contributed by atoms with Gasteiger partial charge in [0, 0.05) is 50.9 Å². The molecule has 3 aromatic rings. The molecule has 1 unspecified atom stereocenters. The number of anilines is 2. The van der Waals surface area contributed by atoms with E-state index < -0.39 is 0 Å². The van der Waals surface area contributed by atoms with E-state index in [1.807, 2.05) is 62.3 Å². The van der Waals surface area contributed by atoms with Gasteiger partial charge in [-0.05, 0) is 43.8 Å². The van der Waals surface area contributed by atoms with Gasteiger partial charge in [0.1, 0.15) is 23.2 Å². The zero-order valence-electron chi connectivity index (χ0n) is 21.0. The second-order valence-corrected chi connectivity index (χ2v) is 9.18. The standard InChI is InChI=1S/C27H33ClN6O2/c1-4-30-27-31-17-22-25(32-27)33(3)14-15-34(26(22)35)18-20-10-11-21(16-23(20)28)36-24(12-13-29-2)19-8-6-5-7-9-19/h5-11,16-17,24,29H,4,12-15,18H2,1-3H3,(H,30,31,32). The number of nitrogens with zero attached hydrogens (tertiary/aromatic N) is 4. The van der Waals surface area contributed by atoms with E-state index in [1.54, 1.807) is 11.1 Å². The molecule has 2 N–H and O–H groups in total. The quantitative estimate of drug-likeness (QED) is 0.420. The van der Waals surface area contributed by atoms with Gasteiger partial charge in [-0.2, -0.15) is 4.98 Å². The summed E-state index contributed by atoms with van der Waals surface area (Å²) in [5.74, 6) is 1.75. The fourth-order valence-corrected chi connectivity index (χ4v) is 4.42. The first-order valence-corrected chi connectivity index (χ1v) is 12.6. The highest BCUT2D eigenvalue weighted by Gasteiger charge is 2.27. The molecule has 0 saturated heterocycles. The fourth-order valence-electron chi connectivity index (χ4n) is 4.19. The molecule has 0 bridgehead atoms. The molecule has 1 aromatic heterocycles. The minimum Gasteiger partial charge on any atom is -0.486 e. The number of carbonyl (C=O) groups is 1. The van der Waals surface area contributed by atoms with E-state index in [-0.39, 0.29) is 12.0 Å². The van der Waals surface area contributed by atoms with Gasteiger partial charge in [-0.25, -0.2) is 4.98 Å². The van der Waals surface area contributed by atoms with Crippen LogP contribution in [-0.2, 0) is 6.54 Å². The number of carbonyl (C=O) groups excluding carboxylic acids is 1. The van der Waals surface area contributed by atoms with E-state index in [9.17, 15) is 4.79 Å². The number of ether oxygens (including phenoxy) is 1. The highest BCUT2D eigenvalue weighted by Crippen LogP contribution is 2.30. The summed E-state index contributed by atoms with van der Waals surface area (Å²) in [6.45, 7) is 5.12. The van der Waals surface area contributed by atoms with Gasteiger partial charge in [-0.3, -0.25) is 4.79 Å². The molecular weight excluding hydrogens is 476 g/mol. The van der Waals surface area contributed by atoms with Crippen LogP contribution in [0, 0.1) is 0 Å². The van der Waals surface area contributed by atoms with Crippen molar-refractivity contribution >= 4 is 29.3 Å². The molecule has 1 aliphatic heterocycles. The lowest BCUT2D eigenvalue weighted by Gasteiger charge is -2.23. The van der Waals surface area contributed by atoms with Crippen LogP contribution in [0.25, 0.3) is 0 Å². The summed E-state index contributed by atoms with van der Waals surface area (Å²) in [4.78, 5) is 26.0. The zero-order chi connectivity index (χ0) is 25.5. The first kappa shape index (κ1) is 25.7. The number of likely N-dealkylation sites (N-methyl/N-ethyl adjacent to an activating group) is 1. The lowest BCUT2D eigenvalue weighted by Crippen LogP contribution is -2.33. The maximum absolute atomic E-state index is 13.4. The number of rotatable bonds is 10. The molecule has 0 spiro atoms. The minimum absolute atomic E-state index is 0.0909. The Morgan fingerprint density at radius 3 is 2.69 bits per heavy atom. The van der Waals surface area contributed by atoms with Crippen molar-refractivity contribution in [2.75, 3.05) is 50.5 Å². The third kappa shape index (κ3) is 6.06. The summed E-state index contributed by atoms with van der Waals surface area (Å²) in [5, 5.41) is 6.86. The first-order valence-electron chi connectivity index (χ1n) is 12.3. The summed E-state index contributed by atoms with van der Waals surface area (Å²) < 4.78 is 6.33. The summed E-state index contributed by atoms with van der Waals surface area (Å²) in [6.07, 6.45) is 2.34. The van der Waals surface area contributed by atoms with Gasteiger partial charge >= 0.3 is 0 Å². The lowest BCUT2D eigenvalue weighted by molar-refractivity contribution is 0.0754. The number of hydrogen-bond acceptors (Lipinski definition) is 7. The molecule has 0 aliphatic carbocycles. The number of amides is 1. The van der Waals surface area contributed by atoms with E-state index in [1.165, 1.54) is 0 Å². The summed E-state index contributed by atoms with van der Waals surface area (Å²) in [5.41, 5.74) is 2.47. The molecule has 36 heavy (non-hydrogen) atoms. The molecule has 1 aliphatic rings. The fraction of sp³-hybridized carbons (Fsp3) is 0.370. The van der Waals surface area contributed by atoms with Crippen LogP contribution in [0.5, 0.6) is 5.75 Å². The Hall–Kier alpha value is -3.36. The van der Waals surface area contributed by atoms with Gasteiger partial charge in [0.05, 0.1) is 0 Å². The highest BCUT2D eigenvalue weighted by molar-refractivity contribution is 6.31. The molecule has 2 heterocycles.